The highest BCUT2D eigenvalue weighted by atomic mass is 16.5. The Labute approximate surface area is 116 Å². The van der Waals surface area contributed by atoms with E-state index >= 15 is 0 Å². The Morgan fingerprint density at radius 2 is 1.85 bits per heavy atom. The van der Waals surface area contributed by atoms with Crippen LogP contribution in [0.25, 0.3) is 0 Å². The number of ketones is 1. The van der Waals surface area contributed by atoms with Gasteiger partial charge in [0.2, 0.25) is 0 Å². The van der Waals surface area contributed by atoms with E-state index in [9.17, 15) is 9.59 Å². The smallest absolute Gasteiger partial charge is 0.265 e. The lowest BCUT2D eigenvalue weighted by Gasteiger charge is -2.23. The van der Waals surface area contributed by atoms with Crippen LogP contribution >= 0.6 is 0 Å². The van der Waals surface area contributed by atoms with E-state index < -0.39 is 6.10 Å². The number of benzene rings is 2. The number of hydrogen-bond donors (Lipinski definition) is 1. The third-order valence-corrected chi connectivity index (χ3v) is 3.21. The molecule has 0 radical (unpaired) electrons. The minimum Gasteiger partial charge on any atom is -0.479 e. The van der Waals surface area contributed by atoms with E-state index in [0.717, 1.165) is 0 Å². The quantitative estimate of drug-likeness (QED) is 0.851. The van der Waals surface area contributed by atoms with Gasteiger partial charge >= 0.3 is 0 Å². The van der Waals surface area contributed by atoms with Gasteiger partial charge in [-0.25, -0.2) is 0 Å². The van der Waals surface area contributed by atoms with E-state index in [4.69, 9.17) is 4.74 Å². The van der Waals surface area contributed by atoms with E-state index in [1.54, 1.807) is 37.3 Å². The number of hydrogen-bond acceptors (Lipinski definition) is 3. The van der Waals surface area contributed by atoms with Crippen molar-refractivity contribution < 1.29 is 14.3 Å². The molecule has 0 saturated carbocycles. The highest BCUT2D eigenvalue weighted by Gasteiger charge is 2.24. The maximum atomic E-state index is 12.3. The summed E-state index contributed by atoms with van der Waals surface area (Å²) < 4.78 is 5.51. The van der Waals surface area contributed by atoms with Gasteiger partial charge in [-0.15, -0.1) is 0 Å². The molecule has 0 aromatic heterocycles. The Bertz CT molecular complexity index is 679. The lowest BCUT2D eigenvalue weighted by molar-refractivity contribution is -0.122. The summed E-state index contributed by atoms with van der Waals surface area (Å²) in [7, 11) is 0. The first kappa shape index (κ1) is 12.4. The van der Waals surface area contributed by atoms with Crippen LogP contribution in [-0.4, -0.2) is 17.8 Å². The van der Waals surface area contributed by atoms with Crippen LogP contribution in [0, 0.1) is 0 Å². The van der Waals surface area contributed by atoms with Crippen LogP contribution in [0.4, 0.5) is 5.69 Å². The Hall–Kier alpha value is -2.62. The van der Waals surface area contributed by atoms with Crippen molar-refractivity contribution in [2.75, 3.05) is 5.32 Å². The molecule has 4 nitrogen and oxygen atoms in total. The molecule has 4 heteroatoms. The van der Waals surface area contributed by atoms with Gasteiger partial charge in [-0.3, -0.25) is 9.59 Å². The van der Waals surface area contributed by atoms with Crippen LogP contribution < -0.4 is 10.1 Å². The summed E-state index contributed by atoms with van der Waals surface area (Å²) in [5, 5.41) is 2.74. The third-order valence-electron chi connectivity index (χ3n) is 3.21. The van der Waals surface area contributed by atoms with E-state index in [-0.39, 0.29) is 11.7 Å². The number of carbonyl (C=O) groups excluding carboxylic acids is 2. The van der Waals surface area contributed by atoms with Gasteiger partial charge in [0.1, 0.15) is 5.75 Å². The molecule has 20 heavy (non-hydrogen) atoms. The third kappa shape index (κ3) is 2.16. The van der Waals surface area contributed by atoms with Gasteiger partial charge in [0, 0.05) is 11.1 Å². The maximum Gasteiger partial charge on any atom is 0.265 e. The minimum atomic E-state index is -0.551. The molecule has 0 bridgehead atoms. The van der Waals surface area contributed by atoms with Crippen molar-refractivity contribution in [1.82, 2.24) is 0 Å². The van der Waals surface area contributed by atoms with Gasteiger partial charge in [-0.1, -0.05) is 30.3 Å². The zero-order valence-corrected chi connectivity index (χ0v) is 10.9. The fourth-order valence-corrected chi connectivity index (χ4v) is 2.10. The van der Waals surface area contributed by atoms with E-state index in [0.29, 0.717) is 22.6 Å². The molecule has 1 atom stereocenters. The van der Waals surface area contributed by atoms with Gasteiger partial charge < -0.3 is 10.1 Å². The highest BCUT2D eigenvalue weighted by Crippen LogP contribution is 2.31. The summed E-state index contributed by atoms with van der Waals surface area (Å²) in [5.41, 5.74) is 1.76. The number of anilines is 1. The summed E-state index contributed by atoms with van der Waals surface area (Å²) in [6, 6.07) is 14.1. The molecule has 1 aliphatic heterocycles. The van der Waals surface area contributed by atoms with Gasteiger partial charge in [0.25, 0.3) is 5.91 Å². The molecule has 3 rings (SSSR count). The highest BCUT2D eigenvalue weighted by molar-refractivity contribution is 6.10. The van der Waals surface area contributed by atoms with Crippen molar-refractivity contribution in [3.05, 3.63) is 59.7 Å². The molecule has 2 aromatic carbocycles. The summed E-state index contributed by atoms with van der Waals surface area (Å²) in [5.74, 6) is 0.278. The Kier molecular flexibility index (Phi) is 2.99. The van der Waals surface area contributed by atoms with Crippen LogP contribution in [-0.2, 0) is 4.79 Å². The van der Waals surface area contributed by atoms with Gasteiger partial charge in [0.15, 0.2) is 11.9 Å². The number of nitrogens with one attached hydrogen (secondary N) is 1. The number of fused-ring (bicyclic) bond motifs is 1. The van der Waals surface area contributed by atoms with E-state index in [1.165, 1.54) is 0 Å². The van der Waals surface area contributed by atoms with Gasteiger partial charge in [-0.05, 0) is 25.1 Å². The molecular weight excluding hydrogens is 254 g/mol. The molecule has 100 valence electrons. The van der Waals surface area contributed by atoms with Crippen LogP contribution in [0.15, 0.2) is 48.5 Å². The monoisotopic (exact) mass is 267 g/mol. The Morgan fingerprint density at radius 3 is 2.60 bits per heavy atom. The SMILES string of the molecule is CC1Oc2cc(C(=O)c3ccccc3)ccc2NC1=O. The Morgan fingerprint density at radius 1 is 1.10 bits per heavy atom. The first-order chi connectivity index (χ1) is 9.65. The zero-order valence-electron chi connectivity index (χ0n) is 10.9. The first-order valence-electron chi connectivity index (χ1n) is 6.36. The second kappa shape index (κ2) is 4.81. The van der Waals surface area contributed by atoms with Crippen LogP contribution in [0.5, 0.6) is 5.75 Å². The van der Waals surface area contributed by atoms with E-state index in [2.05, 4.69) is 5.32 Å². The second-order valence-corrected chi connectivity index (χ2v) is 4.66. The van der Waals surface area contributed by atoms with Crippen molar-refractivity contribution in [1.29, 1.82) is 0 Å². The van der Waals surface area contributed by atoms with Gasteiger partial charge in [0.05, 0.1) is 5.69 Å². The topological polar surface area (TPSA) is 55.4 Å². The molecule has 2 aromatic rings. The number of ether oxygens (including phenoxy) is 1. The van der Waals surface area contributed by atoms with Crippen molar-refractivity contribution >= 4 is 17.4 Å². The lowest BCUT2D eigenvalue weighted by atomic mass is 10.0. The molecule has 1 unspecified atom stereocenters. The fourth-order valence-electron chi connectivity index (χ4n) is 2.10. The van der Waals surface area contributed by atoms with Crippen LogP contribution in [0.2, 0.25) is 0 Å². The Balaban J connectivity index is 1.95. The van der Waals surface area contributed by atoms with Crippen molar-refractivity contribution in [2.24, 2.45) is 0 Å². The molecule has 0 saturated heterocycles. The summed E-state index contributed by atoms with van der Waals surface area (Å²) in [6.07, 6.45) is -0.551. The second-order valence-electron chi connectivity index (χ2n) is 4.66. The standard InChI is InChI=1S/C16H13NO3/c1-10-16(19)17-13-8-7-12(9-14(13)20-10)15(18)11-5-3-2-4-6-11/h2-10H,1H3,(H,17,19). The summed E-state index contributed by atoms with van der Waals surface area (Å²) >= 11 is 0. The first-order valence-corrected chi connectivity index (χ1v) is 6.36. The average Bonchev–Trinajstić information content (AvgIpc) is 2.48. The number of rotatable bonds is 2. The summed E-state index contributed by atoms with van der Waals surface area (Å²) in [4.78, 5) is 23.8. The maximum absolute atomic E-state index is 12.3. The zero-order chi connectivity index (χ0) is 14.1. The van der Waals surface area contributed by atoms with Gasteiger partial charge in [-0.2, -0.15) is 0 Å². The molecule has 1 N–H and O–H groups in total. The van der Waals surface area contributed by atoms with E-state index in [1.807, 2.05) is 18.2 Å². The van der Waals surface area contributed by atoms with Crippen molar-refractivity contribution in [2.45, 2.75) is 13.0 Å². The molecular formula is C16H13NO3. The molecule has 1 aliphatic rings. The average molecular weight is 267 g/mol. The van der Waals surface area contributed by atoms with Crippen LogP contribution in [0.3, 0.4) is 0 Å². The predicted octanol–water partition coefficient (Wildman–Crippen LogP) is 2.64. The number of carbonyl (C=O) groups is 2. The normalized spacial score (nSPS) is 16.9. The van der Waals surface area contributed by atoms with Crippen molar-refractivity contribution in [3.63, 3.8) is 0 Å². The lowest BCUT2D eigenvalue weighted by Crippen LogP contribution is -2.34. The molecule has 0 fully saturated rings. The minimum absolute atomic E-state index is 0.0680. The molecule has 1 amide bonds. The molecule has 0 aliphatic carbocycles. The largest absolute Gasteiger partial charge is 0.479 e. The summed E-state index contributed by atoms with van der Waals surface area (Å²) in [6.45, 7) is 1.67. The predicted molar refractivity (Wildman–Crippen MR) is 75.0 cm³/mol. The molecule has 0 spiro atoms. The number of amides is 1. The van der Waals surface area contributed by atoms with Crippen molar-refractivity contribution in [3.8, 4) is 5.75 Å². The molecule has 1 heterocycles. The van der Waals surface area contributed by atoms with Crippen LogP contribution in [0.1, 0.15) is 22.8 Å². The fraction of sp³-hybridized carbons (Fsp3) is 0.125.